The van der Waals surface area contributed by atoms with Crippen LogP contribution in [0.2, 0.25) is 0 Å². The van der Waals surface area contributed by atoms with Gasteiger partial charge in [0.05, 0.1) is 17.6 Å². The molecule has 0 bridgehead atoms. The normalized spacial score (nSPS) is 12.1. The van der Waals surface area contributed by atoms with E-state index in [0.29, 0.717) is 27.5 Å². The fourth-order valence-electron chi connectivity index (χ4n) is 3.33. The van der Waals surface area contributed by atoms with Gasteiger partial charge < -0.3 is 0 Å². The molecule has 0 aliphatic carbocycles. The Morgan fingerprint density at radius 3 is 2.75 bits per heavy atom. The number of thioether (sulfide) groups is 1. The third-order valence-electron chi connectivity index (χ3n) is 4.83. The van der Waals surface area contributed by atoms with Gasteiger partial charge >= 0.3 is 6.18 Å². The van der Waals surface area contributed by atoms with E-state index in [2.05, 4.69) is 4.98 Å². The smallest absolute Gasteiger partial charge is 0.281 e. The monoisotopic (exact) mass is 489 g/mol. The second-order valence-electron chi connectivity index (χ2n) is 6.99. The number of nitrogens with zero attached hydrogens (tertiary/aromatic N) is 3. The highest BCUT2D eigenvalue weighted by Gasteiger charge is 2.30. The quantitative estimate of drug-likeness (QED) is 0.211. The summed E-state index contributed by atoms with van der Waals surface area (Å²) in [7, 11) is 0. The van der Waals surface area contributed by atoms with Crippen LogP contribution < -0.4 is 5.56 Å². The first-order valence-corrected chi connectivity index (χ1v) is 12.2. The Morgan fingerprint density at radius 1 is 1.09 bits per heavy atom. The van der Waals surface area contributed by atoms with E-state index in [-0.39, 0.29) is 11.3 Å². The van der Waals surface area contributed by atoms with Gasteiger partial charge in [0.25, 0.3) is 5.56 Å². The summed E-state index contributed by atoms with van der Waals surface area (Å²) in [6.45, 7) is 0.353. The van der Waals surface area contributed by atoms with Crippen LogP contribution in [0.1, 0.15) is 16.0 Å². The first-order valence-electron chi connectivity index (χ1n) is 9.49. The highest BCUT2D eigenvalue weighted by molar-refractivity contribution is 7.98. The van der Waals surface area contributed by atoms with Crippen molar-refractivity contribution >= 4 is 54.9 Å². The van der Waals surface area contributed by atoms with E-state index in [0.717, 1.165) is 27.2 Å². The lowest BCUT2D eigenvalue weighted by Crippen LogP contribution is -2.22. The molecule has 5 aromatic rings. The van der Waals surface area contributed by atoms with Crippen molar-refractivity contribution in [2.45, 2.75) is 23.6 Å². The lowest BCUT2D eigenvalue weighted by Gasteiger charge is -2.12. The van der Waals surface area contributed by atoms with Gasteiger partial charge in [0, 0.05) is 22.2 Å². The van der Waals surface area contributed by atoms with Crippen LogP contribution in [0, 0.1) is 0 Å². The van der Waals surface area contributed by atoms with Gasteiger partial charge in [0.1, 0.15) is 9.53 Å². The van der Waals surface area contributed by atoms with Crippen LogP contribution in [0.25, 0.3) is 20.4 Å². The molecule has 0 unspecified atom stereocenters. The van der Waals surface area contributed by atoms with Gasteiger partial charge in [-0.1, -0.05) is 36.0 Å². The maximum atomic E-state index is 13.4. The first-order chi connectivity index (χ1) is 15.4. The van der Waals surface area contributed by atoms with Crippen molar-refractivity contribution in [3.8, 4) is 0 Å². The first kappa shape index (κ1) is 21.2. The summed E-state index contributed by atoms with van der Waals surface area (Å²) in [5, 5.41) is 3.20. The van der Waals surface area contributed by atoms with Crippen molar-refractivity contribution in [1.29, 1.82) is 0 Å². The van der Waals surface area contributed by atoms with E-state index in [1.807, 2.05) is 23.6 Å². The van der Waals surface area contributed by atoms with E-state index in [9.17, 15) is 18.0 Å². The molecule has 5 rings (SSSR count). The predicted octanol–water partition coefficient (Wildman–Crippen LogP) is 6.43. The second-order valence-corrected chi connectivity index (χ2v) is 9.96. The maximum absolute atomic E-state index is 13.4. The predicted molar refractivity (Wildman–Crippen MR) is 124 cm³/mol. The number of halogens is 3. The molecule has 0 fully saturated rings. The summed E-state index contributed by atoms with van der Waals surface area (Å²) < 4.78 is 41.4. The summed E-state index contributed by atoms with van der Waals surface area (Å²) in [5.41, 5.74) is 0.235. The molecule has 1 aromatic carbocycles. The summed E-state index contributed by atoms with van der Waals surface area (Å²) in [6.07, 6.45) is -2.73. The Bertz CT molecular complexity index is 1470. The van der Waals surface area contributed by atoms with Crippen LogP contribution in [-0.2, 0) is 18.5 Å². The van der Waals surface area contributed by atoms with Crippen molar-refractivity contribution in [1.82, 2.24) is 14.5 Å². The van der Waals surface area contributed by atoms with Crippen molar-refractivity contribution in [3.05, 3.63) is 86.5 Å². The molecular formula is C22H14F3N3OS3. The summed E-state index contributed by atoms with van der Waals surface area (Å²) >= 11 is 4.09. The van der Waals surface area contributed by atoms with Crippen LogP contribution in [-0.4, -0.2) is 14.5 Å². The van der Waals surface area contributed by atoms with Gasteiger partial charge in [-0.3, -0.25) is 9.36 Å². The molecule has 0 N–H and O–H groups in total. The average Bonchev–Trinajstić information content (AvgIpc) is 3.42. The Morgan fingerprint density at radius 2 is 1.97 bits per heavy atom. The van der Waals surface area contributed by atoms with Crippen molar-refractivity contribution < 1.29 is 13.2 Å². The number of fused-ring (bicyclic) bond motifs is 3. The third kappa shape index (κ3) is 4.05. The molecule has 0 saturated heterocycles. The van der Waals surface area contributed by atoms with E-state index in [1.165, 1.54) is 40.5 Å². The van der Waals surface area contributed by atoms with E-state index in [1.54, 1.807) is 22.9 Å². The molecular weight excluding hydrogens is 475 g/mol. The number of pyridine rings is 1. The Hall–Kier alpha value is -2.69. The van der Waals surface area contributed by atoms with Crippen LogP contribution >= 0.6 is 34.4 Å². The largest absolute Gasteiger partial charge is 0.416 e. The number of thiophene rings is 2. The van der Waals surface area contributed by atoms with E-state index in [4.69, 9.17) is 4.98 Å². The van der Waals surface area contributed by atoms with Crippen LogP contribution in [0.4, 0.5) is 13.2 Å². The zero-order chi connectivity index (χ0) is 22.3. The Kier molecular flexibility index (Phi) is 5.52. The fourth-order valence-corrected chi connectivity index (χ4v) is 5.99. The minimum atomic E-state index is -4.40. The minimum Gasteiger partial charge on any atom is -0.281 e. The number of aromatic nitrogens is 3. The topological polar surface area (TPSA) is 47.8 Å². The van der Waals surface area contributed by atoms with Crippen molar-refractivity contribution in [2.24, 2.45) is 0 Å². The minimum absolute atomic E-state index is 0.169. The van der Waals surface area contributed by atoms with Gasteiger partial charge in [-0.15, -0.1) is 22.7 Å². The van der Waals surface area contributed by atoms with Gasteiger partial charge in [0.15, 0.2) is 5.16 Å². The van der Waals surface area contributed by atoms with Crippen LogP contribution in [0.15, 0.2) is 70.1 Å². The van der Waals surface area contributed by atoms with Gasteiger partial charge in [-0.2, -0.15) is 13.2 Å². The number of rotatable bonds is 5. The second kappa shape index (κ2) is 8.34. The zero-order valence-corrected chi connectivity index (χ0v) is 18.7. The molecule has 10 heteroatoms. The molecule has 4 nitrogen and oxygen atoms in total. The summed E-state index contributed by atoms with van der Waals surface area (Å²) in [4.78, 5) is 24.2. The lowest BCUT2D eigenvalue weighted by atomic mass is 10.1. The molecule has 0 atom stereocenters. The van der Waals surface area contributed by atoms with Crippen molar-refractivity contribution in [2.75, 3.05) is 0 Å². The average molecular weight is 490 g/mol. The summed E-state index contributed by atoms with van der Waals surface area (Å²) in [5.74, 6) is 0.257. The SMILES string of the molecule is O=c1c2sc3ncccc3c2nc(SCc2cccc(C(F)(F)F)c2)n1Cc1cccs1. The Labute approximate surface area is 192 Å². The zero-order valence-electron chi connectivity index (χ0n) is 16.3. The van der Waals surface area contributed by atoms with Gasteiger partial charge in [-0.05, 0) is 35.2 Å². The summed E-state index contributed by atoms with van der Waals surface area (Å²) in [6, 6.07) is 12.7. The highest BCUT2D eigenvalue weighted by atomic mass is 32.2. The number of hydrogen-bond donors (Lipinski definition) is 0. The number of alkyl halides is 3. The third-order valence-corrected chi connectivity index (χ3v) is 7.83. The molecule has 0 aliphatic heterocycles. The van der Waals surface area contributed by atoms with Crippen molar-refractivity contribution in [3.63, 3.8) is 0 Å². The molecule has 0 amide bonds. The van der Waals surface area contributed by atoms with Gasteiger partial charge in [0.2, 0.25) is 0 Å². The van der Waals surface area contributed by atoms with Crippen LogP contribution in [0.5, 0.6) is 0 Å². The molecule has 0 aliphatic rings. The molecule has 162 valence electrons. The van der Waals surface area contributed by atoms with E-state index < -0.39 is 11.7 Å². The molecule has 4 aromatic heterocycles. The standard InChI is InChI=1S/C22H14F3N3OS3/c23-22(24,25)14-5-1-4-13(10-14)12-31-21-27-17-16-7-2-8-26-19(16)32-18(17)20(29)28(21)11-15-6-3-9-30-15/h1-10H,11-12H2. The molecule has 0 spiro atoms. The number of hydrogen-bond acceptors (Lipinski definition) is 6. The van der Waals surface area contributed by atoms with Crippen LogP contribution in [0.3, 0.4) is 0 Å². The molecule has 0 radical (unpaired) electrons. The van der Waals surface area contributed by atoms with Gasteiger partial charge in [-0.25, -0.2) is 9.97 Å². The molecule has 4 heterocycles. The molecule has 32 heavy (non-hydrogen) atoms. The molecule has 0 saturated carbocycles. The highest BCUT2D eigenvalue weighted by Crippen LogP contribution is 2.33. The Balaban J connectivity index is 1.58. The lowest BCUT2D eigenvalue weighted by molar-refractivity contribution is -0.137. The maximum Gasteiger partial charge on any atom is 0.416 e. The van der Waals surface area contributed by atoms with E-state index >= 15 is 0 Å². The fraction of sp³-hybridized carbons (Fsp3) is 0.136. The number of benzene rings is 1.